The number of carboxylic acid groups (broad SMARTS) is 1. The number of carboxylic acids is 1. The minimum atomic E-state index is -1.04. The number of hydrogen-bond donors (Lipinski definition) is 1. The van der Waals surface area contributed by atoms with Crippen LogP contribution in [0.4, 0.5) is 0 Å². The number of pyridine rings is 1. The largest absolute Gasteiger partial charge is 0.489 e. The van der Waals surface area contributed by atoms with Crippen LogP contribution >= 0.6 is 0 Å². The molecule has 0 bridgehead atoms. The maximum absolute atomic E-state index is 11.0. The van der Waals surface area contributed by atoms with Gasteiger partial charge in [-0.15, -0.1) is 0 Å². The first-order valence-electron chi connectivity index (χ1n) is 5.95. The summed E-state index contributed by atoms with van der Waals surface area (Å²) in [6.07, 6.45) is 1.46. The number of ether oxygens (including phenoxy) is 1. The van der Waals surface area contributed by atoms with Crippen LogP contribution in [-0.4, -0.2) is 16.1 Å². The molecule has 1 N–H and O–H groups in total. The molecule has 0 saturated carbocycles. The molecule has 1 aromatic heterocycles. The van der Waals surface area contributed by atoms with Crippen molar-refractivity contribution in [3.8, 4) is 5.75 Å². The van der Waals surface area contributed by atoms with E-state index in [1.165, 1.54) is 6.20 Å². The summed E-state index contributed by atoms with van der Waals surface area (Å²) in [4.78, 5) is 14.9. The second kappa shape index (κ2) is 5.52. The molecule has 0 spiro atoms. The van der Waals surface area contributed by atoms with Crippen molar-refractivity contribution >= 4 is 5.97 Å². The number of benzene rings is 1. The number of aryl methyl sites for hydroxylation is 2. The standard InChI is InChI=1S/C15H15NO3/c1-10-5-6-11(2)13(8-10)19-9-12-4-3-7-16-14(12)15(17)18/h3-8H,9H2,1-2H3,(H,17,18). The smallest absolute Gasteiger partial charge is 0.354 e. The van der Waals surface area contributed by atoms with Gasteiger partial charge in [-0.1, -0.05) is 18.2 Å². The lowest BCUT2D eigenvalue weighted by Gasteiger charge is -2.11. The van der Waals surface area contributed by atoms with Crippen molar-refractivity contribution in [1.29, 1.82) is 0 Å². The van der Waals surface area contributed by atoms with Crippen molar-refractivity contribution in [2.75, 3.05) is 0 Å². The minimum Gasteiger partial charge on any atom is -0.489 e. The molecule has 0 aliphatic heterocycles. The Bertz CT molecular complexity index is 608. The van der Waals surface area contributed by atoms with E-state index in [2.05, 4.69) is 4.98 Å². The Morgan fingerprint density at radius 2 is 2.11 bits per heavy atom. The highest BCUT2D eigenvalue weighted by Gasteiger charge is 2.11. The molecule has 1 heterocycles. The van der Waals surface area contributed by atoms with Gasteiger partial charge in [0.15, 0.2) is 5.69 Å². The van der Waals surface area contributed by atoms with Gasteiger partial charge in [0.1, 0.15) is 12.4 Å². The first kappa shape index (κ1) is 13.1. The second-order valence-electron chi connectivity index (χ2n) is 4.37. The van der Waals surface area contributed by atoms with Gasteiger partial charge in [0.05, 0.1) is 0 Å². The zero-order valence-corrected chi connectivity index (χ0v) is 10.9. The fraction of sp³-hybridized carbons (Fsp3) is 0.200. The normalized spacial score (nSPS) is 10.2. The average Bonchev–Trinajstić information content (AvgIpc) is 2.40. The maximum Gasteiger partial charge on any atom is 0.354 e. The summed E-state index contributed by atoms with van der Waals surface area (Å²) in [6, 6.07) is 9.34. The van der Waals surface area contributed by atoms with Crippen molar-refractivity contribution in [2.45, 2.75) is 20.5 Å². The van der Waals surface area contributed by atoms with Gasteiger partial charge in [0.2, 0.25) is 0 Å². The summed E-state index contributed by atoms with van der Waals surface area (Å²) in [5.74, 6) is -0.277. The summed E-state index contributed by atoms with van der Waals surface area (Å²) in [5.41, 5.74) is 2.72. The number of nitrogens with zero attached hydrogens (tertiary/aromatic N) is 1. The van der Waals surface area contributed by atoms with E-state index >= 15 is 0 Å². The molecule has 98 valence electrons. The Labute approximate surface area is 111 Å². The predicted molar refractivity (Wildman–Crippen MR) is 71.4 cm³/mol. The van der Waals surface area contributed by atoms with Gasteiger partial charge < -0.3 is 9.84 Å². The van der Waals surface area contributed by atoms with Crippen molar-refractivity contribution in [3.05, 3.63) is 58.9 Å². The average molecular weight is 257 g/mol. The molecule has 0 aliphatic rings. The summed E-state index contributed by atoms with van der Waals surface area (Å²) >= 11 is 0. The van der Waals surface area contributed by atoms with Crippen LogP contribution in [0, 0.1) is 13.8 Å². The van der Waals surface area contributed by atoms with Gasteiger partial charge in [-0.05, 0) is 37.1 Å². The fourth-order valence-corrected chi connectivity index (χ4v) is 1.77. The first-order chi connectivity index (χ1) is 9.08. The number of aromatic nitrogens is 1. The summed E-state index contributed by atoms with van der Waals surface area (Å²) in [5, 5.41) is 9.04. The Morgan fingerprint density at radius 3 is 2.84 bits per heavy atom. The van der Waals surface area contributed by atoms with Crippen molar-refractivity contribution in [2.24, 2.45) is 0 Å². The molecular weight excluding hydrogens is 242 g/mol. The van der Waals surface area contributed by atoms with Crippen LogP contribution in [0.25, 0.3) is 0 Å². The summed E-state index contributed by atoms with van der Waals surface area (Å²) in [7, 11) is 0. The van der Waals surface area contributed by atoms with E-state index in [0.717, 1.165) is 16.9 Å². The van der Waals surface area contributed by atoms with Crippen molar-refractivity contribution in [3.63, 3.8) is 0 Å². The van der Waals surface area contributed by atoms with E-state index in [0.29, 0.717) is 5.56 Å². The van der Waals surface area contributed by atoms with Gasteiger partial charge in [-0.3, -0.25) is 0 Å². The Morgan fingerprint density at radius 1 is 1.32 bits per heavy atom. The predicted octanol–water partition coefficient (Wildman–Crippen LogP) is 2.98. The van der Waals surface area contributed by atoms with Crippen LogP contribution in [0.2, 0.25) is 0 Å². The van der Waals surface area contributed by atoms with E-state index < -0.39 is 5.97 Å². The van der Waals surface area contributed by atoms with Crippen LogP contribution in [0.1, 0.15) is 27.2 Å². The third-order valence-corrected chi connectivity index (χ3v) is 2.82. The molecule has 2 rings (SSSR count). The molecule has 0 aliphatic carbocycles. The highest BCUT2D eigenvalue weighted by Crippen LogP contribution is 2.20. The number of rotatable bonds is 4. The van der Waals surface area contributed by atoms with E-state index in [-0.39, 0.29) is 12.3 Å². The Hall–Kier alpha value is -2.36. The quantitative estimate of drug-likeness (QED) is 0.914. The van der Waals surface area contributed by atoms with Gasteiger partial charge in [-0.25, -0.2) is 9.78 Å². The van der Waals surface area contributed by atoms with E-state index in [1.807, 2.05) is 32.0 Å². The molecule has 0 radical (unpaired) electrons. The molecule has 0 amide bonds. The minimum absolute atomic E-state index is 0.0350. The van der Waals surface area contributed by atoms with Crippen LogP contribution in [0.3, 0.4) is 0 Å². The zero-order valence-electron chi connectivity index (χ0n) is 10.9. The topological polar surface area (TPSA) is 59.4 Å². The van der Waals surface area contributed by atoms with E-state index in [9.17, 15) is 4.79 Å². The maximum atomic E-state index is 11.0. The lowest BCUT2D eigenvalue weighted by molar-refractivity contribution is 0.0687. The monoisotopic (exact) mass is 257 g/mol. The highest BCUT2D eigenvalue weighted by molar-refractivity contribution is 5.86. The molecule has 4 nitrogen and oxygen atoms in total. The summed E-state index contributed by atoms with van der Waals surface area (Å²) in [6.45, 7) is 4.13. The summed E-state index contributed by atoms with van der Waals surface area (Å²) < 4.78 is 5.69. The van der Waals surface area contributed by atoms with Crippen molar-refractivity contribution < 1.29 is 14.6 Å². The molecule has 4 heteroatoms. The Kier molecular flexibility index (Phi) is 3.80. The highest BCUT2D eigenvalue weighted by atomic mass is 16.5. The van der Waals surface area contributed by atoms with Gasteiger partial charge in [0, 0.05) is 11.8 Å². The van der Waals surface area contributed by atoms with Crippen LogP contribution < -0.4 is 4.74 Å². The van der Waals surface area contributed by atoms with E-state index in [1.54, 1.807) is 12.1 Å². The molecule has 0 saturated heterocycles. The molecule has 0 atom stereocenters. The van der Waals surface area contributed by atoms with E-state index in [4.69, 9.17) is 9.84 Å². The number of hydrogen-bond acceptors (Lipinski definition) is 3. The van der Waals surface area contributed by atoms with Gasteiger partial charge in [0.25, 0.3) is 0 Å². The zero-order chi connectivity index (χ0) is 13.8. The third kappa shape index (κ3) is 3.10. The fourth-order valence-electron chi connectivity index (χ4n) is 1.77. The lowest BCUT2D eigenvalue weighted by Crippen LogP contribution is -2.08. The molecule has 1 aromatic carbocycles. The van der Waals surface area contributed by atoms with Crippen LogP contribution in [-0.2, 0) is 6.61 Å². The lowest BCUT2D eigenvalue weighted by atomic mass is 10.1. The molecule has 2 aromatic rings. The molecule has 19 heavy (non-hydrogen) atoms. The number of aromatic carboxylic acids is 1. The van der Waals surface area contributed by atoms with Crippen molar-refractivity contribution in [1.82, 2.24) is 4.98 Å². The first-order valence-corrected chi connectivity index (χ1v) is 5.95. The SMILES string of the molecule is Cc1ccc(C)c(OCc2cccnc2C(=O)O)c1. The molecular formula is C15H15NO3. The number of carbonyl (C=O) groups is 1. The van der Waals surface area contributed by atoms with Gasteiger partial charge in [-0.2, -0.15) is 0 Å². The third-order valence-electron chi connectivity index (χ3n) is 2.82. The second-order valence-corrected chi connectivity index (χ2v) is 4.37. The molecule has 0 unspecified atom stereocenters. The molecule has 0 fully saturated rings. The van der Waals surface area contributed by atoms with Gasteiger partial charge >= 0.3 is 5.97 Å². The van der Waals surface area contributed by atoms with Crippen LogP contribution in [0.5, 0.6) is 5.75 Å². The van der Waals surface area contributed by atoms with Crippen LogP contribution in [0.15, 0.2) is 36.5 Å². The Balaban J connectivity index is 2.19.